The highest BCUT2D eigenvalue weighted by molar-refractivity contribution is 8.00. The first-order valence-electron chi connectivity index (χ1n) is 6.76. The molecule has 0 unspecified atom stereocenters. The molecule has 0 aliphatic heterocycles. The summed E-state index contributed by atoms with van der Waals surface area (Å²) in [6.07, 6.45) is -0.123. The largest absolute Gasteiger partial charge is 0.489 e. The molecule has 0 spiro atoms. The number of rotatable bonds is 8. The quantitative estimate of drug-likeness (QED) is 0.647. The van der Waals surface area contributed by atoms with Crippen molar-refractivity contribution in [3.63, 3.8) is 0 Å². The zero-order valence-electron chi connectivity index (χ0n) is 13.2. The maximum absolute atomic E-state index is 11.9. The topological polar surface area (TPSA) is 125 Å². The standard InChI is InChI=1S/C13H16Cl2N2O6S2/c1-7(2)22-11-4-10(8(14)3-9(11)15)17-12(18)5-24-6-13(19)23-25(16,20)21/h3-4,7H,5-6H2,1-2H3,(H,17,18)(H2,16,20,21). The van der Waals surface area contributed by atoms with Gasteiger partial charge in [-0.25, -0.2) is 4.79 Å². The maximum Gasteiger partial charge on any atom is 0.382 e. The van der Waals surface area contributed by atoms with E-state index < -0.39 is 22.2 Å². The molecule has 0 fully saturated rings. The molecule has 1 rings (SSSR count). The van der Waals surface area contributed by atoms with Crippen molar-refractivity contribution in [1.82, 2.24) is 0 Å². The summed E-state index contributed by atoms with van der Waals surface area (Å²) in [4.78, 5) is 23.0. The molecule has 0 heterocycles. The van der Waals surface area contributed by atoms with Crippen molar-refractivity contribution in [2.24, 2.45) is 5.14 Å². The summed E-state index contributed by atoms with van der Waals surface area (Å²) in [5.74, 6) is -1.68. The molecule has 0 atom stereocenters. The van der Waals surface area contributed by atoms with Crippen molar-refractivity contribution in [3.05, 3.63) is 22.2 Å². The van der Waals surface area contributed by atoms with Gasteiger partial charge >= 0.3 is 16.3 Å². The highest BCUT2D eigenvalue weighted by Gasteiger charge is 2.15. The number of hydrogen-bond donors (Lipinski definition) is 2. The van der Waals surface area contributed by atoms with E-state index in [0.717, 1.165) is 11.8 Å². The van der Waals surface area contributed by atoms with Crippen molar-refractivity contribution >= 4 is 62.8 Å². The van der Waals surface area contributed by atoms with Crippen LogP contribution in [-0.2, 0) is 24.1 Å². The zero-order chi connectivity index (χ0) is 19.2. The third-order valence-electron chi connectivity index (χ3n) is 2.32. The Hall–Kier alpha value is -1.20. The van der Waals surface area contributed by atoms with E-state index in [1.54, 1.807) is 0 Å². The Bertz CT molecular complexity index is 755. The second-order valence-electron chi connectivity index (χ2n) is 4.92. The molecule has 140 valence electrons. The molecule has 0 radical (unpaired) electrons. The SMILES string of the molecule is CC(C)Oc1cc(NC(=O)CSCC(=O)OS(N)(=O)=O)c(Cl)cc1Cl. The van der Waals surface area contributed by atoms with Gasteiger partial charge in [0.15, 0.2) is 0 Å². The molecule has 3 N–H and O–H groups in total. The van der Waals surface area contributed by atoms with Crippen LogP contribution in [0.15, 0.2) is 12.1 Å². The van der Waals surface area contributed by atoms with E-state index in [-0.39, 0.29) is 22.6 Å². The Labute approximate surface area is 159 Å². The van der Waals surface area contributed by atoms with Crippen LogP contribution < -0.4 is 15.2 Å². The van der Waals surface area contributed by atoms with E-state index in [9.17, 15) is 18.0 Å². The van der Waals surface area contributed by atoms with Gasteiger partial charge in [-0.1, -0.05) is 23.2 Å². The van der Waals surface area contributed by atoms with Crippen LogP contribution in [0.2, 0.25) is 10.0 Å². The van der Waals surface area contributed by atoms with E-state index in [4.69, 9.17) is 27.9 Å². The van der Waals surface area contributed by atoms with Crippen molar-refractivity contribution < 1.29 is 26.9 Å². The van der Waals surface area contributed by atoms with Crippen LogP contribution in [0.1, 0.15) is 13.8 Å². The minimum Gasteiger partial charge on any atom is -0.489 e. The van der Waals surface area contributed by atoms with Gasteiger partial charge in [0.2, 0.25) is 5.91 Å². The molecule has 1 amide bonds. The number of carbonyl (C=O) groups is 2. The summed E-state index contributed by atoms with van der Waals surface area (Å²) in [6, 6.07) is 2.93. The molecule has 12 heteroatoms. The average molecular weight is 431 g/mol. The van der Waals surface area contributed by atoms with E-state index >= 15 is 0 Å². The van der Waals surface area contributed by atoms with E-state index in [0.29, 0.717) is 16.5 Å². The van der Waals surface area contributed by atoms with Crippen molar-refractivity contribution in [2.75, 3.05) is 16.8 Å². The lowest BCUT2D eigenvalue weighted by Crippen LogP contribution is -2.22. The predicted octanol–water partition coefficient (Wildman–Crippen LogP) is 2.20. The zero-order valence-corrected chi connectivity index (χ0v) is 16.4. The van der Waals surface area contributed by atoms with Gasteiger partial charge in [0.25, 0.3) is 0 Å². The molecule has 0 aliphatic carbocycles. The number of benzene rings is 1. The number of hydrogen-bond acceptors (Lipinski definition) is 7. The fraction of sp³-hybridized carbons (Fsp3) is 0.385. The third kappa shape index (κ3) is 8.63. The molecule has 0 bridgehead atoms. The first-order valence-corrected chi connectivity index (χ1v) is 10.1. The Morgan fingerprint density at radius 1 is 1.24 bits per heavy atom. The minimum absolute atomic E-state index is 0.123. The van der Waals surface area contributed by atoms with Gasteiger partial charge in [-0.15, -0.1) is 11.8 Å². The van der Waals surface area contributed by atoms with Crippen LogP contribution >= 0.6 is 35.0 Å². The second kappa shape index (κ2) is 9.48. The lowest BCUT2D eigenvalue weighted by atomic mass is 10.3. The molecule has 0 saturated heterocycles. The summed E-state index contributed by atoms with van der Waals surface area (Å²) in [5.41, 5.74) is 0.291. The number of thioether (sulfide) groups is 1. The van der Waals surface area contributed by atoms with Crippen LogP contribution in [0.5, 0.6) is 5.75 Å². The van der Waals surface area contributed by atoms with E-state index in [1.165, 1.54) is 12.1 Å². The summed E-state index contributed by atoms with van der Waals surface area (Å²) in [7, 11) is -4.35. The molecule has 25 heavy (non-hydrogen) atoms. The molecule has 0 aliphatic rings. The molecular weight excluding hydrogens is 415 g/mol. The number of anilines is 1. The molecular formula is C13H16Cl2N2O6S2. The van der Waals surface area contributed by atoms with Crippen LogP contribution in [0.3, 0.4) is 0 Å². The van der Waals surface area contributed by atoms with Gasteiger partial charge in [0, 0.05) is 6.07 Å². The monoisotopic (exact) mass is 430 g/mol. The summed E-state index contributed by atoms with van der Waals surface area (Å²) < 4.78 is 30.6. The normalized spacial score (nSPS) is 11.3. The number of nitrogens with one attached hydrogen (secondary N) is 1. The number of amides is 1. The Morgan fingerprint density at radius 2 is 1.88 bits per heavy atom. The van der Waals surface area contributed by atoms with Crippen LogP contribution in [0, 0.1) is 0 Å². The van der Waals surface area contributed by atoms with E-state index in [2.05, 4.69) is 14.6 Å². The van der Waals surface area contributed by atoms with Gasteiger partial charge in [-0.2, -0.15) is 13.6 Å². The first kappa shape index (κ1) is 21.8. The fourth-order valence-corrected chi connectivity index (χ4v) is 2.99. The first-order chi connectivity index (χ1) is 11.5. The van der Waals surface area contributed by atoms with Gasteiger partial charge in [0.05, 0.1) is 33.3 Å². The summed E-state index contributed by atoms with van der Waals surface area (Å²) >= 11 is 12.9. The molecule has 1 aromatic rings. The Morgan fingerprint density at radius 3 is 2.44 bits per heavy atom. The van der Waals surface area contributed by atoms with Crippen LogP contribution in [0.4, 0.5) is 5.69 Å². The summed E-state index contributed by atoms with van der Waals surface area (Å²) in [5, 5.41) is 7.62. The average Bonchev–Trinajstić information content (AvgIpc) is 2.41. The number of nitrogens with two attached hydrogens (primary N) is 1. The number of ether oxygens (including phenoxy) is 1. The Balaban J connectivity index is 2.61. The number of halogens is 2. The van der Waals surface area contributed by atoms with Gasteiger partial charge in [-0.05, 0) is 19.9 Å². The second-order valence-corrected chi connectivity index (χ2v) is 7.87. The predicted molar refractivity (Wildman–Crippen MR) is 97.4 cm³/mol. The fourth-order valence-electron chi connectivity index (χ4n) is 1.54. The lowest BCUT2D eigenvalue weighted by Gasteiger charge is -2.14. The summed E-state index contributed by atoms with van der Waals surface area (Å²) in [6.45, 7) is 3.64. The van der Waals surface area contributed by atoms with Gasteiger partial charge < -0.3 is 14.2 Å². The molecule has 0 aromatic heterocycles. The van der Waals surface area contributed by atoms with Crippen LogP contribution in [-0.4, -0.2) is 37.9 Å². The van der Waals surface area contributed by atoms with Crippen LogP contribution in [0.25, 0.3) is 0 Å². The van der Waals surface area contributed by atoms with E-state index in [1.807, 2.05) is 13.8 Å². The highest BCUT2D eigenvalue weighted by atomic mass is 35.5. The van der Waals surface area contributed by atoms with Gasteiger partial charge in [0.1, 0.15) is 5.75 Å². The minimum atomic E-state index is -4.35. The lowest BCUT2D eigenvalue weighted by molar-refractivity contribution is -0.130. The van der Waals surface area contributed by atoms with Crippen molar-refractivity contribution in [2.45, 2.75) is 20.0 Å². The molecule has 0 saturated carbocycles. The highest BCUT2D eigenvalue weighted by Crippen LogP contribution is 2.34. The maximum atomic E-state index is 11.9. The third-order valence-corrected chi connectivity index (χ3v) is 4.25. The van der Waals surface area contributed by atoms with Gasteiger partial charge in [-0.3, -0.25) is 4.79 Å². The molecule has 8 nitrogen and oxygen atoms in total. The Kier molecular flexibility index (Phi) is 8.29. The smallest absolute Gasteiger partial charge is 0.382 e. The van der Waals surface area contributed by atoms with Crippen molar-refractivity contribution in [1.29, 1.82) is 0 Å². The number of carbonyl (C=O) groups excluding carboxylic acids is 2. The molecule has 1 aromatic carbocycles. The van der Waals surface area contributed by atoms with Crippen molar-refractivity contribution in [3.8, 4) is 5.75 Å².